The van der Waals surface area contributed by atoms with Gasteiger partial charge in [0.15, 0.2) is 0 Å². The van der Waals surface area contributed by atoms with Gasteiger partial charge >= 0.3 is 0 Å². The molecule has 1 saturated carbocycles. The van der Waals surface area contributed by atoms with E-state index in [4.69, 9.17) is 0 Å². The van der Waals surface area contributed by atoms with Crippen molar-refractivity contribution < 1.29 is 9.90 Å². The molecule has 1 amide bonds. The van der Waals surface area contributed by atoms with Crippen LogP contribution in [0.3, 0.4) is 0 Å². The molecule has 0 aromatic heterocycles. The van der Waals surface area contributed by atoms with E-state index < -0.39 is 5.60 Å². The van der Waals surface area contributed by atoms with E-state index in [2.05, 4.69) is 5.32 Å². The van der Waals surface area contributed by atoms with Gasteiger partial charge in [-0.2, -0.15) is 0 Å². The highest BCUT2D eigenvalue weighted by atomic mass is 16.3. The van der Waals surface area contributed by atoms with Crippen LogP contribution in [0.4, 0.5) is 0 Å². The zero-order valence-corrected chi connectivity index (χ0v) is 11.6. The van der Waals surface area contributed by atoms with E-state index >= 15 is 0 Å². The van der Waals surface area contributed by atoms with Crippen LogP contribution in [0.5, 0.6) is 0 Å². The van der Waals surface area contributed by atoms with Crippen molar-refractivity contribution in [2.75, 3.05) is 33.7 Å². The van der Waals surface area contributed by atoms with E-state index in [0.717, 1.165) is 13.0 Å². The molecule has 5 nitrogen and oxygen atoms in total. The first-order chi connectivity index (χ1) is 8.37. The maximum absolute atomic E-state index is 12.2. The van der Waals surface area contributed by atoms with Crippen LogP contribution in [0.25, 0.3) is 0 Å². The van der Waals surface area contributed by atoms with Gasteiger partial charge in [-0.1, -0.05) is 0 Å². The van der Waals surface area contributed by atoms with Crippen LogP contribution in [0.1, 0.15) is 26.2 Å². The van der Waals surface area contributed by atoms with Crippen molar-refractivity contribution in [2.45, 2.75) is 43.9 Å². The summed E-state index contributed by atoms with van der Waals surface area (Å²) in [7, 11) is 3.86. The zero-order valence-electron chi connectivity index (χ0n) is 11.6. The summed E-state index contributed by atoms with van der Waals surface area (Å²) in [6.45, 7) is 3.54. The Kier molecular flexibility index (Phi) is 3.94. The van der Waals surface area contributed by atoms with Crippen molar-refractivity contribution in [2.24, 2.45) is 0 Å². The number of carbonyl (C=O) groups excluding carboxylic acids is 1. The first kappa shape index (κ1) is 13.8. The largest absolute Gasteiger partial charge is 0.387 e. The molecule has 0 spiro atoms. The summed E-state index contributed by atoms with van der Waals surface area (Å²) in [6, 6.07) is 0.536. The molecule has 2 N–H and O–H groups in total. The Labute approximate surface area is 109 Å². The monoisotopic (exact) mass is 255 g/mol. The fourth-order valence-electron chi connectivity index (χ4n) is 2.73. The molecule has 0 aromatic rings. The molecular weight excluding hydrogens is 230 g/mol. The first-order valence-corrected chi connectivity index (χ1v) is 6.79. The zero-order chi connectivity index (χ0) is 13.3. The summed E-state index contributed by atoms with van der Waals surface area (Å²) in [4.78, 5) is 15.9. The van der Waals surface area contributed by atoms with Crippen LogP contribution in [-0.4, -0.2) is 72.2 Å². The van der Waals surface area contributed by atoms with Crippen molar-refractivity contribution in [3.05, 3.63) is 0 Å². The smallest absolute Gasteiger partial charge is 0.239 e. The number of β-amino-alcohol motifs (C(OH)–C–C–N with tert-alkyl or cyclic N) is 1. The van der Waals surface area contributed by atoms with Gasteiger partial charge in [-0.25, -0.2) is 0 Å². The quantitative estimate of drug-likeness (QED) is 0.681. The van der Waals surface area contributed by atoms with E-state index in [-0.39, 0.29) is 11.9 Å². The molecule has 2 aliphatic rings. The highest BCUT2D eigenvalue weighted by Crippen LogP contribution is 2.23. The van der Waals surface area contributed by atoms with Crippen molar-refractivity contribution in [3.63, 3.8) is 0 Å². The molecule has 104 valence electrons. The second kappa shape index (κ2) is 5.15. The fraction of sp³-hybridized carbons (Fsp3) is 0.923. The van der Waals surface area contributed by atoms with E-state index in [0.29, 0.717) is 19.1 Å². The number of aliphatic hydroxyl groups is 1. The minimum Gasteiger partial charge on any atom is -0.387 e. The van der Waals surface area contributed by atoms with Crippen LogP contribution in [0.2, 0.25) is 0 Å². The maximum Gasteiger partial charge on any atom is 0.239 e. The number of likely N-dealkylation sites (tertiary alicyclic amines) is 1. The summed E-state index contributed by atoms with van der Waals surface area (Å²) in [5.74, 6) is 0.154. The first-order valence-electron chi connectivity index (χ1n) is 6.79. The van der Waals surface area contributed by atoms with Crippen molar-refractivity contribution in [1.29, 1.82) is 0 Å². The van der Waals surface area contributed by atoms with Crippen molar-refractivity contribution in [3.8, 4) is 0 Å². The fourth-order valence-corrected chi connectivity index (χ4v) is 2.73. The minimum absolute atomic E-state index is 0.0207. The van der Waals surface area contributed by atoms with Gasteiger partial charge in [0.05, 0.1) is 18.2 Å². The number of rotatable bonds is 6. The SMILES string of the molecule is CN(C)CC(C)(O)CN1CCC(NC2CC2)C1=O. The molecule has 1 aliphatic carbocycles. The van der Waals surface area contributed by atoms with Gasteiger partial charge < -0.3 is 20.2 Å². The topological polar surface area (TPSA) is 55.8 Å². The van der Waals surface area contributed by atoms with Gasteiger partial charge in [0.2, 0.25) is 5.91 Å². The third-order valence-corrected chi connectivity index (χ3v) is 3.50. The Balaban J connectivity index is 1.84. The van der Waals surface area contributed by atoms with E-state index in [9.17, 15) is 9.90 Å². The van der Waals surface area contributed by atoms with E-state index in [1.54, 1.807) is 11.8 Å². The number of nitrogens with zero attached hydrogens (tertiary/aromatic N) is 2. The van der Waals surface area contributed by atoms with Gasteiger partial charge in [0.25, 0.3) is 0 Å². The molecule has 5 heteroatoms. The van der Waals surface area contributed by atoms with Crippen LogP contribution >= 0.6 is 0 Å². The molecule has 0 bridgehead atoms. The Morgan fingerprint density at radius 2 is 2.11 bits per heavy atom. The number of nitrogens with one attached hydrogen (secondary N) is 1. The molecule has 2 unspecified atom stereocenters. The molecule has 1 aliphatic heterocycles. The third kappa shape index (κ3) is 3.67. The summed E-state index contributed by atoms with van der Waals surface area (Å²) in [5, 5.41) is 13.7. The highest BCUT2D eigenvalue weighted by molar-refractivity contribution is 5.84. The average molecular weight is 255 g/mol. The number of amides is 1. The van der Waals surface area contributed by atoms with Gasteiger partial charge in [0.1, 0.15) is 0 Å². The predicted molar refractivity (Wildman–Crippen MR) is 70.3 cm³/mol. The summed E-state index contributed by atoms with van der Waals surface area (Å²) < 4.78 is 0. The predicted octanol–water partition coefficient (Wildman–Crippen LogP) is -0.348. The second-order valence-electron chi connectivity index (χ2n) is 6.28. The Morgan fingerprint density at radius 1 is 1.44 bits per heavy atom. The van der Waals surface area contributed by atoms with Crippen LogP contribution in [-0.2, 0) is 4.79 Å². The highest BCUT2D eigenvalue weighted by Gasteiger charge is 2.38. The molecule has 1 saturated heterocycles. The molecule has 0 aromatic carbocycles. The number of hydrogen-bond donors (Lipinski definition) is 2. The average Bonchev–Trinajstić information content (AvgIpc) is 2.97. The second-order valence-corrected chi connectivity index (χ2v) is 6.28. The summed E-state index contributed by atoms with van der Waals surface area (Å²) in [5.41, 5.74) is -0.840. The van der Waals surface area contributed by atoms with E-state index in [1.165, 1.54) is 12.8 Å². The molecule has 2 rings (SSSR count). The van der Waals surface area contributed by atoms with Crippen molar-refractivity contribution in [1.82, 2.24) is 15.1 Å². The maximum atomic E-state index is 12.2. The lowest BCUT2D eigenvalue weighted by atomic mass is 10.1. The van der Waals surface area contributed by atoms with Gasteiger partial charge in [0, 0.05) is 19.1 Å². The van der Waals surface area contributed by atoms with Gasteiger partial charge in [-0.3, -0.25) is 4.79 Å². The van der Waals surface area contributed by atoms with Crippen LogP contribution in [0.15, 0.2) is 0 Å². The Bertz CT molecular complexity index is 313. The third-order valence-electron chi connectivity index (χ3n) is 3.50. The normalized spacial score (nSPS) is 27.9. The molecule has 18 heavy (non-hydrogen) atoms. The van der Waals surface area contributed by atoms with Crippen LogP contribution in [0, 0.1) is 0 Å². The van der Waals surface area contributed by atoms with Gasteiger partial charge in [-0.15, -0.1) is 0 Å². The van der Waals surface area contributed by atoms with Crippen LogP contribution < -0.4 is 5.32 Å². The number of hydrogen-bond acceptors (Lipinski definition) is 4. The van der Waals surface area contributed by atoms with Gasteiger partial charge in [-0.05, 0) is 40.3 Å². The van der Waals surface area contributed by atoms with Crippen molar-refractivity contribution >= 4 is 5.91 Å². The Morgan fingerprint density at radius 3 is 2.67 bits per heavy atom. The molecule has 2 fully saturated rings. The number of likely N-dealkylation sites (N-methyl/N-ethyl adjacent to an activating group) is 1. The Hall–Kier alpha value is -0.650. The molecule has 2 atom stereocenters. The standard InChI is InChI=1S/C13H25N3O2/c1-13(18,8-15(2)3)9-16-7-6-11(12(16)17)14-10-4-5-10/h10-11,14,18H,4-9H2,1-3H3. The summed E-state index contributed by atoms with van der Waals surface area (Å²) >= 11 is 0. The summed E-state index contributed by atoms with van der Waals surface area (Å²) in [6.07, 6.45) is 3.26. The molecule has 0 radical (unpaired) electrons. The lowest BCUT2D eigenvalue weighted by Crippen LogP contribution is -2.49. The lowest BCUT2D eigenvalue weighted by Gasteiger charge is -2.31. The minimum atomic E-state index is -0.840. The molecule has 1 heterocycles. The molecular formula is C13H25N3O2. The lowest BCUT2D eigenvalue weighted by molar-refractivity contribution is -0.132. The van der Waals surface area contributed by atoms with E-state index in [1.807, 2.05) is 19.0 Å². The number of carbonyl (C=O) groups is 1.